The van der Waals surface area contributed by atoms with Crippen molar-refractivity contribution in [1.82, 2.24) is 9.55 Å². The molecule has 2 nitrogen and oxygen atoms in total. The van der Waals surface area contributed by atoms with Crippen LogP contribution in [0.3, 0.4) is 0 Å². The van der Waals surface area contributed by atoms with Crippen molar-refractivity contribution in [2.24, 2.45) is 0 Å². The first-order valence-corrected chi connectivity index (χ1v) is 9.57. The molecule has 1 heterocycles. The van der Waals surface area contributed by atoms with Crippen LogP contribution in [0, 0.1) is 0 Å². The van der Waals surface area contributed by atoms with Crippen LogP contribution in [0.25, 0.3) is 28.1 Å². The molecule has 0 saturated heterocycles. The topological polar surface area (TPSA) is 17.8 Å². The number of fused-ring (bicyclic) bond motifs is 1. The van der Waals surface area contributed by atoms with E-state index in [2.05, 4.69) is 102 Å². The number of imidazole rings is 1. The number of halogens is 1. The van der Waals surface area contributed by atoms with Gasteiger partial charge >= 0.3 is 0 Å². The number of hydrogen-bond donors (Lipinski definition) is 0. The molecule has 0 aliphatic carbocycles. The molecule has 26 heavy (non-hydrogen) atoms. The fourth-order valence-corrected chi connectivity index (χ4v) is 3.60. The maximum absolute atomic E-state index is 4.93. The molecule has 0 amide bonds. The van der Waals surface area contributed by atoms with Gasteiger partial charge in [-0.25, -0.2) is 4.98 Å². The normalized spacial score (nSPS) is 11.8. The van der Waals surface area contributed by atoms with Crippen LogP contribution in [0.4, 0.5) is 0 Å². The van der Waals surface area contributed by atoms with Gasteiger partial charge in [-0.05, 0) is 41.3 Å². The minimum absolute atomic E-state index is 0.142. The highest BCUT2D eigenvalue weighted by Crippen LogP contribution is 2.31. The largest absolute Gasteiger partial charge is 0.292 e. The monoisotopic (exact) mass is 404 g/mol. The lowest BCUT2D eigenvalue weighted by Gasteiger charge is -2.19. The highest BCUT2D eigenvalue weighted by Gasteiger charge is 2.17. The number of para-hydroxylation sites is 2. The first-order valence-electron chi connectivity index (χ1n) is 8.78. The molecule has 3 heteroatoms. The van der Waals surface area contributed by atoms with E-state index in [1.165, 1.54) is 5.56 Å². The Morgan fingerprint density at radius 1 is 0.846 bits per heavy atom. The van der Waals surface area contributed by atoms with E-state index in [1.807, 2.05) is 12.1 Å². The van der Waals surface area contributed by atoms with E-state index in [4.69, 9.17) is 4.98 Å². The van der Waals surface area contributed by atoms with E-state index < -0.39 is 0 Å². The van der Waals surface area contributed by atoms with E-state index in [0.717, 1.165) is 32.6 Å². The van der Waals surface area contributed by atoms with Crippen molar-refractivity contribution in [2.45, 2.75) is 26.2 Å². The Bertz CT molecular complexity index is 1070. The molecule has 0 bridgehead atoms. The molecular formula is C23H21BrN2. The Hall–Kier alpha value is -2.39. The molecule has 0 atom stereocenters. The summed E-state index contributed by atoms with van der Waals surface area (Å²) in [6.45, 7) is 6.70. The highest BCUT2D eigenvalue weighted by molar-refractivity contribution is 9.10. The van der Waals surface area contributed by atoms with Gasteiger partial charge in [0.25, 0.3) is 0 Å². The highest BCUT2D eigenvalue weighted by atomic mass is 79.9. The van der Waals surface area contributed by atoms with Gasteiger partial charge in [-0.3, -0.25) is 4.57 Å². The van der Waals surface area contributed by atoms with E-state index in [-0.39, 0.29) is 5.41 Å². The van der Waals surface area contributed by atoms with Crippen LogP contribution in [-0.4, -0.2) is 9.55 Å². The summed E-state index contributed by atoms with van der Waals surface area (Å²) >= 11 is 3.59. The van der Waals surface area contributed by atoms with Crippen LogP contribution in [0.1, 0.15) is 26.3 Å². The second-order valence-corrected chi connectivity index (χ2v) is 8.48. The zero-order valence-corrected chi connectivity index (χ0v) is 16.8. The SMILES string of the molecule is CC(C)(C)c1ccc(-c2nc3ccccc3n2-c2cccc(Br)c2)cc1. The Kier molecular flexibility index (Phi) is 4.20. The lowest BCUT2D eigenvalue weighted by atomic mass is 9.87. The first-order chi connectivity index (χ1) is 12.4. The summed E-state index contributed by atoms with van der Waals surface area (Å²) in [6.07, 6.45) is 0. The third-order valence-corrected chi connectivity index (χ3v) is 5.13. The molecule has 0 N–H and O–H groups in total. The van der Waals surface area contributed by atoms with Gasteiger partial charge in [0.1, 0.15) is 5.82 Å². The average molecular weight is 405 g/mol. The Morgan fingerprint density at radius 2 is 1.58 bits per heavy atom. The molecule has 4 rings (SSSR count). The van der Waals surface area contributed by atoms with E-state index in [0.29, 0.717) is 0 Å². The molecule has 0 spiro atoms. The van der Waals surface area contributed by atoms with Crippen LogP contribution < -0.4 is 0 Å². The minimum Gasteiger partial charge on any atom is -0.292 e. The smallest absolute Gasteiger partial charge is 0.145 e. The molecule has 4 aromatic rings. The molecular weight excluding hydrogens is 384 g/mol. The maximum atomic E-state index is 4.93. The van der Waals surface area contributed by atoms with Crippen LogP contribution in [-0.2, 0) is 5.41 Å². The Morgan fingerprint density at radius 3 is 2.27 bits per heavy atom. The first kappa shape index (κ1) is 17.0. The van der Waals surface area contributed by atoms with Crippen molar-refractivity contribution >= 4 is 27.0 Å². The number of nitrogens with zero attached hydrogens (tertiary/aromatic N) is 2. The Balaban J connectivity index is 1.94. The summed E-state index contributed by atoms with van der Waals surface area (Å²) in [4.78, 5) is 4.93. The van der Waals surface area contributed by atoms with Crippen molar-refractivity contribution in [3.63, 3.8) is 0 Å². The van der Waals surface area contributed by atoms with Crippen molar-refractivity contribution in [3.05, 3.63) is 82.8 Å². The zero-order chi connectivity index (χ0) is 18.3. The van der Waals surface area contributed by atoms with Gasteiger partial charge in [0.15, 0.2) is 0 Å². The van der Waals surface area contributed by atoms with Gasteiger partial charge in [-0.1, -0.05) is 79.2 Å². The molecule has 0 fully saturated rings. The van der Waals surface area contributed by atoms with Crippen LogP contribution in [0.2, 0.25) is 0 Å². The van der Waals surface area contributed by atoms with E-state index >= 15 is 0 Å². The van der Waals surface area contributed by atoms with E-state index in [9.17, 15) is 0 Å². The summed E-state index contributed by atoms with van der Waals surface area (Å²) in [7, 11) is 0. The fraction of sp³-hybridized carbons (Fsp3) is 0.174. The minimum atomic E-state index is 0.142. The van der Waals surface area contributed by atoms with Crippen LogP contribution >= 0.6 is 15.9 Å². The fourth-order valence-electron chi connectivity index (χ4n) is 3.22. The summed E-state index contributed by atoms with van der Waals surface area (Å²) in [5, 5.41) is 0. The summed E-state index contributed by atoms with van der Waals surface area (Å²) in [6, 6.07) is 25.4. The number of benzene rings is 3. The summed E-state index contributed by atoms with van der Waals surface area (Å²) in [5.41, 5.74) is 5.80. The molecule has 0 unspecified atom stereocenters. The maximum Gasteiger partial charge on any atom is 0.145 e. The Labute approximate surface area is 162 Å². The van der Waals surface area contributed by atoms with Crippen LogP contribution in [0.15, 0.2) is 77.3 Å². The van der Waals surface area contributed by atoms with Gasteiger partial charge in [-0.2, -0.15) is 0 Å². The zero-order valence-electron chi connectivity index (χ0n) is 15.2. The molecule has 0 radical (unpaired) electrons. The van der Waals surface area contributed by atoms with Crippen LogP contribution in [0.5, 0.6) is 0 Å². The second kappa shape index (κ2) is 6.40. The van der Waals surface area contributed by atoms with Gasteiger partial charge in [0, 0.05) is 15.7 Å². The third-order valence-electron chi connectivity index (χ3n) is 4.64. The molecule has 1 aromatic heterocycles. The van der Waals surface area contributed by atoms with Gasteiger partial charge < -0.3 is 0 Å². The lowest BCUT2D eigenvalue weighted by Crippen LogP contribution is -2.10. The molecule has 130 valence electrons. The summed E-state index contributed by atoms with van der Waals surface area (Å²) < 4.78 is 3.29. The van der Waals surface area contributed by atoms with Gasteiger partial charge in [-0.15, -0.1) is 0 Å². The molecule has 0 aliphatic rings. The second-order valence-electron chi connectivity index (χ2n) is 7.57. The number of hydrogen-bond acceptors (Lipinski definition) is 1. The van der Waals surface area contributed by atoms with Crippen molar-refractivity contribution in [2.75, 3.05) is 0 Å². The van der Waals surface area contributed by atoms with Crippen molar-refractivity contribution < 1.29 is 0 Å². The van der Waals surface area contributed by atoms with Crippen molar-refractivity contribution in [1.29, 1.82) is 0 Å². The van der Waals surface area contributed by atoms with Crippen molar-refractivity contribution in [3.8, 4) is 17.1 Å². The average Bonchev–Trinajstić information content (AvgIpc) is 3.00. The van der Waals surface area contributed by atoms with E-state index in [1.54, 1.807) is 0 Å². The predicted molar refractivity (Wildman–Crippen MR) is 113 cm³/mol. The summed E-state index contributed by atoms with van der Waals surface area (Å²) in [5.74, 6) is 0.963. The molecule has 0 saturated carbocycles. The number of aromatic nitrogens is 2. The molecule has 0 aliphatic heterocycles. The predicted octanol–water partition coefficient (Wildman–Crippen LogP) is 6.75. The van der Waals surface area contributed by atoms with Gasteiger partial charge in [0.2, 0.25) is 0 Å². The number of rotatable bonds is 2. The quantitative estimate of drug-likeness (QED) is 0.361. The third kappa shape index (κ3) is 3.08. The van der Waals surface area contributed by atoms with Gasteiger partial charge in [0.05, 0.1) is 11.0 Å². The standard InChI is InChI=1S/C23H21BrN2/c1-23(2,3)17-13-11-16(12-14-17)22-25-20-9-4-5-10-21(20)26(22)19-8-6-7-18(24)15-19/h4-15H,1-3H3. The molecule has 3 aromatic carbocycles. The lowest BCUT2D eigenvalue weighted by molar-refractivity contribution is 0.590.